The van der Waals surface area contributed by atoms with Gasteiger partial charge in [-0.05, 0) is 138 Å². The average Bonchev–Trinajstić information content (AvgIpc) is 1.35. The van der Waals surface area contributed by atoms with Gasteiger partial charge in [0.05, 0.1) is 85.6 Å². The van der Waals surface area contributed by atoms with Crippen molar-refractivity contribution in [3.05, 3.63) is 131 Å². The molecule has 3 aliphatic heterocycles. The van der Waals surface area contributed by atoms with Crippen LogP contribution < -0.4 is 46.2 Å². The second-order valence-electron chi connectivity index (χ2n) is 23.7. The molecule has 13 rings (SSSR count). The highest BCUT2D eigenvalue weighted by atomic mass is 79.9. The summed E-state index contributed by atoms with van der Waals surface area (Å²) in [6.45, 7) is 11.7. The lowest BCUT2D eigenvalue weighted by atomic mass is 9.91. The van der Waals surface area contributed by atoms with Crippen molar-refractivity contribution in [1.29, 1.82) is 0 Å². The minimum absolute atomic E-state index is 0.0374. The van der Waals surface area contributed by atoms with Crippen LogP contribution in [-0.2, 0) is 23.2 Å². The summed E-state index contributed by atoms with van der Waals surface area (Å²) < 4.78 is 45.4. The number of halogens is 2. The molecule has 0 spiro atoms. The molecule has 0 saturated carbocycles. The molecule has 3 aliphatic rings. The van der Waals surface area contributed by atoms with Gasteiger partial charge in [-0.2, -0.15) is 20.2 Å². The lowest BCUT2D eigenvalue weighted by molar-refractivity contribution is 0.230. The molecule has 0 bridgehead atoms. The fourth-order valence-corrected chi connectivity index (χ4v) is 16.2. The van der Waals surface area contributed by atoms with Crippen LogP contribution in [0.3, 0.4) is 0 Å². The quantitative estimate of drug-likeness (QED) is 0.0619. The van der Waals surface area contributed by atoms with Gasteiger partial charge in [-0.1, -0.05) is 6.08 Å². The van der Waals surface area contributed by atoms with Crippen molar-refractivity contribution in [1.82, 2.24) is 69.2 Å². The third-order valence-corrected chi connectivity index (χ3v) is 21.1. The molecular formula is C63H67Br2N19O4P2. The molecule has 9 heterocycles. The summed E-state index contributed by atoms with van der Waals surface area (Å²) in [5.41, 5.74) is 12.9. The Labute approximate surface area is 537 Å². The Kier molecular flexibility index (Phi) is 16.6. The maximum Gasteiger partial charge on any atom is 0.229 e. The summed E-state index contributed by atoms with van der Waals surface area (Å²) in [7, 11) is 3.49. The van der Waals surface area contributed by atoms with Crippen molar-refractivity contribution in [2.45, 2.75) is 24.8 Å². The lowest BCUT2D eigenvalue weighted by Crippen LogP contribution is -2.50. The molecular weight excluding hydrogens is 1310 g/mol. The molecule has 90 heavy (non-hydrogen) atoms. The van der Waals surface area contributed by atoms with Crippen LogP contribution in [0.15, 0.2) is 119 Å². The van der Waals surface area contributed by atoms with E-state index in [4.69, 9.17) is 24.4 Å². The molecule has 4 aromatic carbocycles. The van der Waals surface area contributed by atoms with Gasteiger partial charge >= 0.3 is 0 Å². The van der Waals surface area contributed by atoms with Gasteiger partial charge in [0.25, 0.3) is 0 Å². The molecule has 10 aromatic rings. The monoisotopic (exact) mass is 1370 g/mol. The van der Waals surface area contributed by atoms with E-state index in [1.807, 2.05) is 67.8 Å². The zero-order valence-corrected chi connectivity index (χ0v) is 56.2. The topological polar surface area (TPSA) is 249 Å². The van der Waals surface area contributed by atoms with Crippen molar-refractivity contribution in [3.63, 3.8) is 0 Å². The van der Waals surface area contributed by atoms with Gasteiger partial charge in [-0.3, -0.25) is 34.2 Å². The Hall–Kier alpha value is -8.18. The largest absolute Gasteiger partial charge is 0.495 e. The fraction of sp³-hybridized carbons (Fsp3) is 0.302. The predicted octanol–water partition coefficient (Wildman–Crippen LogP) is 11.4. The molecule has 6 aromatic heterocycles. The first kappa shape index (κ1) is 60.7. The number of benzene rings is 4. The van der Waals surface area contributed by atoms with E-state index in [0.29, 0.717) is 106 Å². The maximum absolute atomic E-state index is 14.3. The number of aromatic nitrogens is 12. The fourth-order valence-electron chi connectivity index (χ4n) is 12.5. The summed E-state index contributed by atoms with van der Waals surface area (Å²) >= 11 is 7.70. The lowest BCUT2D eigenvalue weighted by Gasteiger charge is -2.39. The molecule has 1 unspecified atom stereocenters. The molecule has 23 nitrogen and oxygen atoms in total. The van der Waals surface area contributed by atoms with E-state index < -0.39 is 14.3 Å². The van der Waals surface area contributed by atoms with Gasteiger partial charge in [0.15, 0.2) is 5.82 Å². The molecule has 2 fully saturated rings. The van der Waals surface area contributed by atoms with Gasteiger partial charge in [-0.25, -0.2) is 9.97 Å². The van der Waals surface area contributed by atoms with E-state index in [0.717, 1.165) is 84.8 Å². The van der Waals surface area contributed by atoms with Crippen molar-refractivity contribution in [3.8, 4) is 33.8 Å². The van der Waals surface area contributed by atoms with Gasteiger partial charge in [-0.15, -0.1) is 0 Å². The van der Waals surface area contributed by atoms with Crippen molar-refractivity contribution < 1.29 is 18.6 Å². The first-order valence-electron chi connectivity index (χ1n) is 29.3. The first-order chi connectivity index (χ1) is 43.3. The third kappa shape index (κ3) is 12.2. The van der Waals surface area contributed by atoms with Crippen molar-refractivity contribution in [2.75, 3.05) is 113 Å². The highest BCUT2D eigenvalue weighted by Crippen LogP contribution is 2.48. The second-order valence-corrected chi connectivity index (χ2v) is 31.6. The number of nitrogens with one attached hydrogen (secondary N) is 4. The highest BCUT2D eigenvalue weighted by molar-refractivity contribution is 9.11. The van der Waals surface area contributed by atoms with E-state index in [1.165, 1.54) is 5.57 Å². The number of methoxy groups -OCH3 is 2. The number of piperazine rings is 1. The Morgan fingerprint density at radius 2 is 1.19 bits per heavy atom. The SMILES string of the molecule is COc1cc(N2CCN3CC(c4nc(Nc5cc(-c6cnn(C)c6)c(C6=CCN(C)CC6)cc5OC)nc(Nc5ccc6nccnc6c5P(C)(C)=O)c4Br)C[C@@H]3C2)c(-c2cnn(C)c2)cc1Nc1ncc(Br)c(Nc2ccc3nccnc3c2P(C)(C)=O)n1. The summed E-state index contributed by atoms with van der Waals surface area (Å²) in [5, 5.41) is 24.5. The number of likely N-dealkylation sites (N-methyl/N-ethyl adjacent to an activating group) is 1. The molecule has 4 N–H and O–H groups in total. The number of hydrogen-bond donors (Lipinski definition) is 4. The van der Waals surface area contributed by atoms with Gasteiger partial charge < -0.3 is 49.7 Å². The number of anilines is 9. The number of ether oxygens (including phenoxy) is 2. The number of hydrogen-bond acceptors (Lipinski definition) is 21. The van der Waals surface area contributed by atoms with Crippen LogP contribution in [0.4, 0.5) is 52.0 Å². The minimum atomic E-state index is -2.96. The van der Waals surface area contributed by atoms with E-state index in [-0.39, 0.29) is 12.0 Å². The summed E-state index contributed by atoms with van der Waals surface area (Å²) in [5.74, 6) is 2.79. The zero-order chi connectivity index (χ0) is 62.8. The minimum Gasteiger partial charge on any atom is -0.495 e. The van der Waals surface area contributed by atoms with Crippen LogP contribution in [0, 0.1) is 0 Å². The molecule has 0 amide bonds. The first-order valence-corrected chi connectivity index (χ1v) is 36.1. The van der Waals surface area contributed by atoms with Crippen molar-refractivity contribution in [2.24, 2.45) is 14.1 Å². The zero-order valence-electron chi connectivity index (χ0n) is 51.2. The predicted molar refractivity (Wildman–Crippen MR) is 365 cm³/mol. The standard InChI is InChI=1S/C63H67Br2N19O4P2/c1-80-20-14-36(15-21-80)42-27-52(87-4)49(25-41(42)38-29-71-81(2)32-38)76-63-77-55(54(65)61(79-63)74-48-13-11-46-57(69-19-17-67-46)59(48)90(8,9)86)37-24-40-35-84(23-22-83(40)34-37)51-28-53(88-5)50(26-43(51)39-30-72-82(3)33-39)75-62-70-31-44(64)60(78-62)73-47-12-10-45-56(68-18-16-66-45)58(47)89(6,7)85/h10-14,16-19,25-33,37,40H,15,20-24,34-35H2,1-9H3,(H2,70,73,75,78)(H2,74,76,77,79)/t37?,40-/m1/s1. The smallest absolute Gasteiger partial charge is 0.229 e. The number of aryl methyl sites for hydroxylation is 2. The van der Waals surface area contributed by atoms with Crippen LogP contribution in [-0.4, -0.2) is 162 Å². The van der Waals surface area contributed by atoms with Crippen LogP contribution in [0.1, 0.15) is 30.0 Å². The highest BCUT2D eigenvalue weighted by Gasteiger charge is 2.40. The summed E-state index contributed by atoms with van der Waals surface area (Å²) in [6, 6.07) is 16.0. The third-order valence-electron chi connectivity index (χ3n) is 16.7. The van der Waals surface area contributed by atoms with E-state index in [1.54, 1.807) is 76.5 Å². The Morgan fingerprint density at radius 1 is 0.600 bits per heavy atom. The average molecular weight is 1380 g/mol. The second kappa shape index (κ2) is 24.6. The Balaban J connectivity index is 0.833. The van der Waals surface area contributed by atoms with Gasteiger partial charge in [0.1, 0.15) is 42.6 Å². The van der Waals surface area contributed by atoms with Crippen molar-refractivity contribution >= 4 is 136 Å². The Bertz CT molecular complexity index is 4590. The number of nitrogens with zero attached hydrogens (tertiary/aromatic N) is 15. The van der Waals surface area contributed by atoms with Crippen LogP contribution in [0.25, 0.3) is 49.9 Å². The number of fused-ring (bicyclic) bond motifs is 3. The van der Waals surface area contributed by atoms with E-state index in [9.17, 15) is 9.13 Å². The molecule has 462 valence electrons. The molecule has 0 aliphatic carbocycles. The van der Waals surface area contributed by atoms with Crippen LogP contribution in [0.2, 0.25) is 0 Å². The van der Waals surface area contributed by atoms with Gasteiger partial charge in [0, 0.05) is 137 Å². The summed E-state index contributed by atoms with van der Waals surface area (Å²) in [6.07, 6.45) is 19.9. The van der Waals surface area contributed by atoms with E-state index >= 15 is 0 Å². The molecule has 0 radical (unpaired) electrons. The van der Waals surface area contributed by atoms with E-state index in [2.05, 4.69) is 140 Å². The summed E-state index contributed by atoms with van der Waals surface area (Å²) in [4.78, 5) is 45.8. The Morgan fingerprint density at radius 3 is 1.79 bits per heavy atom. The maximum atomic E-state index is 14.3. The molecule has 2 atom stereocenters. The number of rotatable bonds is 17. The molecule has 2 saturated heterocycles. The molecule has 27 heteroatoms. The normalized spacial score (nSPS) is 16.5. The van der Waals surface area contributed by atoms with Gasteiger partial charge in [0.2, 0.25) is 11.9 Å². The van der Waals surface area contributed by atoms with Crippen LogP contribution >= 0.6 is 46.1 Å². The van der Waals surface area contributed by atoms with Crippen LogP contribution in [0.5, 0.6) is 11.5 Å².